The van der Waals surface area contributed by atoms with Crippen LogP contribution in [0.2, 0.25) is 0 Å². The molecular formula is C15H19N3O3. The maximum Gasteiger partial charge on any atom is 0.407 e. The highest BCUT2D eigenvalue weighted by molar-refractivity contribution is 5.67. The zero-order chi connectivity index (χ0) is 15.1. The lowest BCUT2D eigenvalue weighted by molar-refractivity contribution is 0.166. The summed E-state index contributed by atoms with van der Waals surface area (Å²) in [7, 11) is 1.37. The summed E-state index contributed by atoms with van der Waals surface area (Å²) in [6, 6.07) is 9.34. The van der Waals surface area contributed by atoms with Crippen LogP contribution in [0.1, 0.15) is 12.0 Å². The number of hydrogen-bond acceptors (Lipinski definition) is 5. The van der Waals surface area contributed by atoms with Crippen LogP contribution in [-0.4, -0.2) is 50.4 Å². The molecule has 0 spiro atoms. The Morgan fingerprint density at radius 2 is 2.43 bits per heavy atom. The zero-order valence-corrected chi connectivity index (χ0v) is 12.0. The number of nitrogens with zero attached hydrogens (tertiary/aromatic N) is 2. The molecule has 1 aliphatic heterocycles. The van der Waals surface area contributed by atoms with Crippen LogP contribution in [0.15, 0.2) is 24.3 Å². The second kappa shape index (κ2) is 7.50. The summed E-state index contributed by atoms with van der Waals surface area (Å²) in [4.78, 5) is 13.4. The molecule has 0 saturated carbocycles. The van der Waals surface area contributed by atoms with Crippen molar-refractivity contribution in [3.05, 3.63) is 29.8 Å². The third kappa shape index (κ3) is 4.65. The van der Waals surface area contributed by atoms with Crippen LogP contribution in [-0.2, 0) is 4.74 Å². The van der Waals surface area contributed by atoms with Crippen molar-refractivity contribution in [1.29, 1.82) is 5.26 Å². The molecular weight excluding hydrogens is 270 g/mol. The van der Waals surface area contributed by atoms with E-state index in [-0.39, 0.29) is 12.1 Å². The van der Waals surface area contributed by atoms with Gasteiger partial charge in [0, 0.05) is 25.7 Å². The lowest BCUT2D eigenvalue weighted by atomic mass is 10.2. The summed E-state index contributed by atoms with van der Waals surface area (Å²) in [5.74, 6) is 0.706. The fourth-order valence-electron chi connectivity index (χ4n) is 2.33. The van der Waals surface area contributed by atoms with Gasteiger partial charge in [-0.1, -0.05) is 6.07 Å². The number of carbonyl (C=O) groups is 1. The Labute approximate surface area is 124 Å². The molecule has 1 unspecified atom stereocenters. The molecule has 6 nitrogen and oxygen atoms in total. The van der Waals surface area contributed by atoms with Crippen LogP contribution >= 0.6 is 0 Å². The highest BCUT2D eigenvalue weighted by atomic mass is 16.5. The van der Waals surface area contributed by atoms with Crippen molar-refractivity contribution in [2.24, 2.45) is 0 Å². The lowest BCUT2D eigenvalue weighted by Gasteiger charge is -2.16. The number of amides is 1. The Hall–Kier alpha value is -2.26. The van der Waals surface area contributed by atoms with Crippen molar-refractivity contribution in [3.8, 4) is 11.8 Å². The van der Waals surface area contributed by atoms with E-state index in [1.54, 1.807) is 18.2 Å². The second-order valence-corrected chi connectivity index (χ2v) is 4.91. The molecule has 1 fully saturated rings. The van der Waals surface area contributed by atoms with Crippen LogP contribution in [0.5, 0.6) is 5.75 Å². The van der Waals surface area contributed by atoms with E-state index in [1.165, 1.54) is 7.11 Å². The number of nitrogens with one attached hydrogen (secondary N) is 1. The van der Waals surface area contributed by atoms with Crippen molar-refractivity contribution >= 4 is 6.09 Å². The van der Waals surface area contributed by atoms with Gasteiger partial charge in [0.2, 0.25) is 0 Å². The molecule has 1 aliphatic rings. The fraction of sp³-hybridized carbons (Fsp3) is 0.467. The van der Waals surface area contributed by atoms with Gasteiger partial charge < -0.3 is 14.8 Å². The van der Waals surface area contributed by atoms with Gasteiger partial charge in [-0.15, -0.1) is 0 Å². The quantitative estimate of drug-likeness (QED) is 0.886. The van der Waals surface area contributed by atoms with Crippen molar-refractivity contribution in [3.63, 3.8) is 0 Å². The average molecular weight is 289 g/mol. The van der Waals surface area contributed by atoms with Crippen molar-refractivity contribution in [1.82, 2.24) is 10.2 Å². The van der Waals surface area contributed by atoms with E-state index >= 15 is 0 Å². The molecule has 1 amide bonds. The van der Waals surface area contributed by atoms with Gasteiger partial charge in [0.1, 0.15) is 12.4 Å². The number of carbonyl (C=O) groups excluding carboxylic acids is 1. The maximum atomic E-state index is 11.1. The summed E-state index contributed by atoms with van der Waals surface area (Å²) in [5.41, 5.74) is 0.594. The van der Waals surface area contributed by atoms with Gasteiger partial charge in [-0.3, -0.25) is 4.90 Å². The van der Waals surface area contributed by atoms with Gasteiger partial charge >= 0.3 is 6.09 Å². The largest absolute Gasteiger partial charge is 0.492 e. The molecule has 2 rings (SSSR count). The highest BCUT2D eigenvalue weighted by Crippen LogP contribution is 2.13. The Kier molecular flexibility index (Phi) is 5.41. The van der Waals surface area contributed by atoms with E-state index in [0.29, 0.717) is 17.9 Å². The molecule has 1 aromatic rings. The standard InChI is InChI=1S/C15H19N3O3/c1-20-15(19)17-13-5-6-18(11-13)7-8-21-14-4-2-3-12(9-14)10-16/h2-4,9,13H,5-8,11H2,1H3,(H,17,19). The van der Waals surface area contributed by atoms with Crippen LogP contribution in [0.25, 0.3) is 0 Å². The van der Waals surface area contributed by atoms with Crippen LogP contribution in [0.3, 0.4) is 0 Å². The summed E-state index contributed by atoms with van der Waals surface area (Å²) < 4.78 is 10.2. The minimum Gasteiger partial charge on any atom is -0.492 e. The zero-order valence-electron chi connectivity index (χ0n) is 12.0. The number of alkyl carbamates (subject to hydrolysis) is 1. The van der Waals surface area contributed by atoms with Gasteiger partial charge in [0.15, 0.2) is 0 Å². The first-order valence-corrected chi connectivity index (χ1v) is 6.91. The van der Waals surface area contributed by atoms with E-state index in [1.807, 2.05) is 6.07 Å². The first-order chi connectivity index (χ1) is 10.2. The molecule has 1 atom stereocenters. The average Bonchev–Trinajstić information content (AvgIpc) is 2.94. The van der Waals surface area contributed by atoms with Gasteiger partial charge in [-0.05, 0) is 24.6 Å². The molecule has 0 radical (unpaired) electrons. The Morgan fingerprint density at radius 1 is 1.57 bits per heavy atom. The molecule has 21 heavy (non-hydrogen) atoms. The van der Waals surface area contributed by atoms with Gasteiger partial charge in [-0.25, -0.2) is 4.79 Å². The Morgan fingerprint density at radius 3 is 3.19 bits per heavy atom. The van der Waals surface area contributed by atoms with E-state index in [2.05, 4.69) is 21.0 Å². The number of ether oxygens (including phenoxy) is 2. The van der Waals surface area contributed by atoms with E-state index in [4.69, 9.17) is 10.00 Å². The van der Waals surface area contributed by atoms with E-state index in [0.717, 1.165) is 26.1 Å². The Balaban J connectivity index is 1.70. The summed E-state index contributed by atoms with van der Waals surface area (Å²) in [5, 5.41) is 11.6. The van der Waals surface area contributed by atoms with Crippen LogP contribution < -0.4 is 10.1 Å². The third-order valence-corrected chi connectivity index (χ3v) is 3.42. The van der Waals surface area contributed by atoms with Crippen molar-refractivity contribution < 1.29 is 14.3 Å². The fourth-order valence-corrected chi connectivity index (χ4v) is 2.33. The molecule has 1 saturated heterocycles. The van der Waals surface area contributed by atoms with E-state index in [9.17, 15) is 4.79 Å². The van der Waals surface area contributed by atoms with Crippen LogP contribution in [0, 0.1) is 11.3 Å². The van der Waals surface area contributed by atoms with Crippen molar-refractivity contribution in [2.45, 2.75) is 12.5 Å². The molecule has 112 valence electrons. The van der Waals surface area contributed by atoms with Gasteiger partial charge in [0.25, 0.3) is 0 Å². The minimum absolute atomic E-state index is 0.138. The third-order valence-electron chi connectivity index (χ3n) is 3.42. The minimum atomic E-state index is -0.383. The summed E-state index contributed by atoms with van der Waals surface area (Å²) >= 11 is 0. The number of hydrogen-bond donors (Lipinski definition) is 1. The first-order valence-electron chi connectivity index (χ1n) is 6.91. The SMILES string of the molecule is COC(=O)NC1CCN(CCOc2cccc(C#N)c2)C1. The number of benzene rings is 1. The number of nitriles is 1. The number of rotatable bonds is 5. The van der Waals surface area contributed by atoms with Gasteiger partial charge in [0.05, 0.1) is 18.7 Å². The highest BCUT2D eigenvalue weighted by Gasteiger charge is 2.23. The molecule has 1 aromatic carbocycles. The van der Waals surface area contributed by atoms with E-state index < -0.39 is 0 Å². The smallest absolute Gasteiger partial charge is 0.407 e. The molecule has 0 aliphatic carbocycles. The monoisotopic (exact) mass is 289 g/mol. The predicted molar refractivity (Wildman–Crippen MR) is 77.0 cm³/mol. The molecule has 0 bridgehead atoms. The number of methoxy groups -OCH3 is 1. The summed E-state index contributed by atoms with van der Waals surface area (Å²) in [6.07, 6.45) is 0.533. The molecule has 6 heteroatoms. The summed E-state index contributed by atoms with van der Waals surface area (Å²) in [6.45, 7) is 3.07. The van der Waals surface area contributed by atoms with Gasteiger partial charge in [-0.2, -0.15) is 5.26 Å². The topological polar surface area (TPSA) is 74.6 Å². The molecule has 1 heterocycles. The molecule has 1 N–H and O–H groups in total. The van der Waals surface area contributed by atoms with Crippen LogP contribution in [0.4, 0.5) is 4.79 Å². The lowest BCUT2D eigenvalue weighted by Crippen LogP contribution is -2.37. The maximum absolute atomic E-state index is 11.1. The second-order valence-electron chi connectivity index (χ2n) is 4.91. The number of likely N-dealkylation sites (tertiary alicyclic amines) is 1. The van der Waals surface area contributed by atoms with Crippen molar-refractivity contribution in [2.75, 3.05) is 33.4 Å². The first kappa shape index (κ1) is 15.1. The Bertz CT molecular complexity index is 527. The molecule has 0 aromatic heterocycles. The normalized spacial score (nSPS) is 18.0. The predicted octanol–water partition coefficient (Wildman–Crippen LogP) is 1.37.